The van der Waals surface area contributed by atoms with Crippen LogP contribution in [0.1, 0.15) is 24.1 Å². The Morgan fingerprint density at radius 2 is 2.12 bits per heavy atom. The van der Waals surface area contributed by atoms with Gasteiger partial charge in [0, 0.05) is 17.2 Å². The standard InChI is InChI=1S/C19H17FN4O/c1-12-17(22-23-24(12)15-3-2-8-21-18(15)20)13-4-5-16-14(9-13)10-19(6-7-19)11-25-16/h2-5,8-9H,6-7,10-11H2,1H3. The van der Waals surface area contributed by atoms with Crippen LogP contribution in [0.5, 0.6) is 5.75 Å². The van der Waals surface area contributed by atoms with Gasteiger partial charge in [-0.05, 0) is 62.1 Å². The van der Waals surface area contributed by atoms with Gasteiger partial charge in [-0.25, -0.2) is 9.67 Å². The molecule has 0 unspecified atom stereocenters. The second-order valence-electron chi connectivity index (χ2n) is 7.04. The summed E-state index contributed by atoms with van der Waals surface area (Å²) in [5, 5.41) is 8.41. The molecular formula is C19H17FN4O. The molecule has 0 amide bonds. The topological polar surface area (TPSA) is 52.8 Å². The maximum atomic E-state index is 14.0. The zero-order valence-electron chi connectivity index (χ0n) is 13.9. The van der Waals surface area contributed by atoms with Crippen LogP contribution in [-0.4, -0.2) is 26.6 Å². The molecule has 3 aromatic rings. The van der Waals surface area contributed by atoms with Crippen LogP contribution in [0.2, 0.25) is 0 Å². The zero-order chi connectivity index (χ0) is 17.0. The molecule has 5 nitrogen and oxygen atoms in total. The third kappa shape index (κ3) is 2.32. The normalized spacial score (nSPS) is 17.2. The van der Waals surface area contributed by atoms with Crippen molar-refractivity contribution >= 4 is 0 Å². The number of nitrogens with zero attached hydrogens (tertiary/aromatic N) is 4. The smallest absolute Gasteiger partial charge is 0.238 e. The Hall–Kier alpha value is -2.76. The molecule has 2 aromatic heterocycles. The quantitative estimate of drug-likeness (QED) is 0.672. The molecule has 1 saturated carbocycles. The number of halogens is 1. The van der Waals surface area contributed by atoms with Crippen molar-refractivity contribution in [1.82, 2.24) is 20.0 Å². The summed E-state index contributed by atoms with van der Waals surface area (Å²) in [6.07, 6.45) is 4.96. The monoisotopic (exact) mass is 336 g/mol. The largest absolute Gasteiger partial charge is 0.493 e. The predicted molar refractivity (Wildman–Crippen MR) is 90.2 cm³/mol. The summed E-state index contributed by atoms with van der Waals surface area (Å²) in [4.78, 5) is 3.69. The van der Waals surface area contributed by atoms with Gasteiger partial charge in [-0.2, -0.15) is 4.39 Å². The van der Waals surface area contributed by atoms with Crippen LogP contribution >= 0.6 is 0 Å². The van der Waals surface area contributed by atoms with Crippen molar-refractivity contribution in [2.75, 3.05) is 6.61 Å². The van der Waals surface area contributed by atoms with Crippen LogP contribution in [0.4, 0.5) is 4.39 Å². The molecule has 0 radical (unpaired) electrons. The van der Waals surface area contributed by atoms with Gasteiger partial charge in [0.25, 0.3) is 0 Å². The lowest BCUT2D eigenvalue weighted by atomic mass is 9.92. The fourth-order valence-electron chi connectivity index (χ4n) is 3.55. The molecule has 3 heterocycles. The number of hydrogen-bond acceptors (Lipinski definition) is 4. The number of benzene rings is 1. The molecule has 1 aliphatic heterocycles. The van der Waals surface area contributed by atoms with Gasteiger partial charge in [-0.3, -0.25) is 0 Å². The van der Waals surface area contributed by atoms with Crippen LogP contribution in [0.25, 0.3) is 16.9 Å². The third-order valence-electron chi connectivity index (χ3n) is 5.25. The zero-order valence-corrected chi connectivity index (χ0v) is 13.9. The van der Waals surface area contributed by atoms with Crippen molar-refractivity contribution in [2.45, 2.75) is 26.2 Å². The van der Waals surface area contributed by atoms with Crippen LogP contribution in [0.3, 0.4) is 0 Å². The van der Waals surface area contributed by atoms with Gasteiger partial charge in [0.2, 0.25) is 5.95 Å². The van der Waals surface area contributed by atoms with E-state index in [0.717, 1.165) is 35.7 Å². The Bertz CT molecular complexity index is 977. The van der Waals surface area contributed by atoms with Crippen molar-refractivity contribution in [3.05, 3.63) is 53.7 Å². The minimum absolute atomic E-state index is 0.303. The number of ether oxygens (including phenoxy) is 1. The molecule has 2 aliphatic rings. The van der Waals surface area contributed by atoms with Crippen molar-refractivity contribution < 1.29 is 9.13 Å². The van der Waals surface area contributed by atoms with Gasteiger partial charge in [-0.15, -0.1) is 5.10 Å². The fraction of sp³-hybridized carbons (Fsp3) is 0.316. The van der Waals surface area contributed by atoms with Gasteiger partial charge in [0.1, 0.15) is 17.1 Å². The summed E-state index contributed by atoms with van der Waals surface area (Å²) in [5.41, 5.74) is 4.40. The first-order valence-corrected chi connectivity index (χ1v) is 8.45. The highest BCUT2D eigenvalue weighted by atomic mass is 19.1. The molecule has 1 aliphatic carbocycles. The molecule has 126 valence electrons. The molecule has 1 aromatic carbocycles. The van der Waals surface area contributed by atoms with E-state index < -0.39 is 5.95 Å². The summed E-state index contributed by atoms with van der Waals surface area (Å²) >= 11 is 0. The van der Waals surface area contributed by atoms with Gasteiger partial charge in [0.15, 0.2) is 0 Å². The van der Waals surface area contributed by atoms with Crippen LogP contribution < -0.4 is 4.74 Å². The molecule has 1 spiro atoms. The number of fused-ring (bicyclic) bond motifs is 1. The molecule has 5 rings (SSSR count). The third-order valence-corrected chi connectivity index (χ3v) is 5.25. The maximum absolute atomic E-state index is 14.0. The Morgan fingerprint density at radius 1 is 1.24 bits per heavy atom. The van der Waals surface area contributed by atoms with Crippen molar-refractivity contribution in [3.63, 3.8) is 0 Å². The highest BCUT2D eigenvalue weighted by Crippen LogP contribution is 2.52. The molecule has 0 saturated heterocycles. The first kappa shape index (κ1) is 14.6. The van der Waals surface area contributed by atoms with E-state index in [4.69, 9.17) is 4.74 Å². The highest BCUT2D eigenvalue weighted by Gasteiger charge is 2.46. The average Bonchev–Trinajstić information content (AvgIpc) is 3.26. The van der Waals surface area contributed by atoms with Gasteiger partial charge in [-0.1, -0.05) is 5.21 Å². The SMILES string of the molecule is Cc1c(-c2ccc3c(c2)CC2(CC2)CO3)nnn1-c1cccnc1F. The van der Waals surface area contributed by atoms with Crippen molar-refractivity contribution in [2.24, 2.45) is 5.41 Å². The van der Waals surface area contributed by atoms with E-state index in [-0.39, 0.29) is 0 Å². The first-order valence-electron chi connectivity index (χ1n) is 8.45. The fourth-order valence-corrected chi connectivity index (χ4v) is 3.55. The molecule has 0 bridgehead atoms. The molecule has 0 N–H and O–H groups in total. The Morgan fingerprint density at radius 3 is 2.92 bits per heavy atom. The number of aromatic nitrogens is 4. The summed E-state index contributed by atoms with van der Waals surface area (Å²) in [7, 11) is 0. The summed E-state index contributed by atoms with van der Waals surface area (Å²) in [6, 6.07) is 9.46. The van der Waals surface area contributed by atoms with E-state index in [0.29, 0.717) is 11.1 Å². The van der Waals surface area contributed by atoms with E-state index in [1.54, 1.807) is 12.1 Å². The molecule has 6 heteroatoms. The van der Waals surface area contributed by atoms with Gasteiger partial charge < -0.3 is 4.74 Å². The number of pyridine rings is 1. The van der Waals surface area contributed by atoms with Crippen LogP contribution in [0.15, 0.2) is 36.5 Å². The molecular weight excluding hydrogens is 319 g/mol. The second kappa shape index (κ2) is 5.12. The van der Waals surface area contributed by atoms with E-state index in [1.807, 2.05) is 19.1 Å². The molecule has 25 heavy (non-hydrogen) atoms. The van der Waals surface area contributed by atoms with Crippen LogP contribution in [-0.2, 0) is 6.42 Å². The van der Waals surface area contributed by atoms with Crippen LogP contribution in [0, 0.1) is 18.3 Å². The lowest BCUT2D eigenvalue weighted by Crippen LogP contribution is -2.21. The van der Waals surface area contributed by atoms with Crippen molar-refractivity contribution in [1.29, 1.82) is 0 Å². The van der Waals surface area contributed by atoms with E-state index in [9.17, 15) is 4.39 Å². The Balaban J connectivity index is 1.56. The lowest BCUT2D eigenvalue weighted by molar-refractivity contribution is 0.207. The molecule has 0 atom stereocenters. The van der Waals surface area contributed by atoms with Gasteiger partial charge in [0.05, 0.1) is 12.3 Å². The highest BCUT2D eigenvalue weighted by molar-refractivity contribution is 5.65. The predicted octanol–water partition coefficient (Wildman–Crippen LogP) is 3.49. The summed E-state index contributed by atoms with van der Waals surface area (Å²) < 4.78 is 21.4. The number of hydrogen-bond donors (Lipinski definition) is 0. The van der Waals surface area contributed by atoms with E-state index in [2.05, 4.69) is 21.4 Å². The summed E-state index contributed by atoms with van der Waals surface area (Å²) in [6.45, 7) is 2.72. The molecule has 1 fully saturated rings. The minimum atomic E-state index is -0.559. The Labute approximate surface area is 144 Å². The van der Waals surface area contributed by atoms with Gasteiger partial charge >= 0.3 is 0 Å². The number of rotatable bonds is 2. The maximum Gasteiger partial charge on any atom is 0.238 e. The summed E-state index contributed by atoms with van der Waals surface area (Å²) in [5.74, 6) is 0.404. The minimum Gasteiger partial charge on any atom is -0.493 e. The first-order chi connectivity index (χ1) is 12.2. The van der Waals surface area contributed by atoms with E-state index >= 15 is 0 Å². The Kier molecular flexibility index (Phi) is 2.98. The lowest BCUT2D eigenvalue weighted by Gasteiger charge is -2.25. The average molecular weight is 336 g/mol. The van der Waals surface area contributed by atoms with Crippen molar-refractivity contribution in [3.8, 4) is 22.7 Å². The second-order valence-corrected chi connectivity index (χ2v) is 7.04. The van der Waals surface area contributed by atoms with E-state index in [1.165, 1.54) is 29.3 Å².